The van der Waals surface area contributed by atoms with Crippen LogP contribution >= 0.6 is 0 Å². The van der Waals surface area contributed by atoms with Crippen molar-refractivity contribution in [1.82, 2.24) is 25.4 Å². The molecular weight excluding hydrogens is 351 g/mol. The van der Waals surface area contributed by atoms with E-state index >= 15 is 0 Å². The van der Waals surface area contributed by atoms with Gasteiger partial charge in [0.05, 0.1) is 24.1 Å². The number of carbonyl (C=O) groups excluding carboxylic acids is 1. The maximum Gasteiger partial charge on any atom is 0.219 e. The molecular formula is C18H21FN6O2. The van der Waals surface area contributed by atoms with Crippen LogP contribution in [0.5, 0.6) is 0 Å². The Bertz CT molecular complexity index is 846. The molecule has 0 spiro atoms. The largest absolute Gasteiger partial charge is 0.366 e. The third-order valence-corrected chi connectivity index (χ3v) is 4.84. The maximum atomic E-state index is 14.7. The van der Waals surface area contributed by atoms with E-state index in [1.165, 1.54) is 6.07 Å². The standard InChI is InChI=1S/C18H21FN6O2/c1-13(26)23-6-8-24(9-7-23)18-3-2-14(10-16(18)19)17-11-15(27-21-17)12-25-5-4-20-22-25/h2-5,10-11,15,21H,6-9,12H2,1H3. The van der Waals surface area contributed by atoms with E-state index < -0.39 is 0 Å². The molecule has 0 radical (unpaired) electrons. The number of carbonyl (C=O) groups is 1. The van der Waals surface area contributed by atoms with Gasteiger partial charge < -0.3 is 9.80 Å². The highest BCUT2D eigenvalue weighted by Crippen LogP contribution is 2.26. The highest BCUT2D eigenvalue weighted by Gasteiger charge is 2.23. The fourth-order valence-electron chi connectivity index (χ4n) is 3.35. The number of amides is 1. The Kier molecular flexibility index (Phi) is 4.76. The highest BCUT2D eigenvalue weighted by atomic mass is 19.1. The minimum Gasteiger partial charge on any atom is -0.366 e. The van der Waals surface area contributed by atoms with Gasteiger partial charge in [0.15, 0.2) is 0 Å². The summed E-state index contributed by atoms with van der Waals surface area (Å²) in [5.41, 5.74) is 4.86. The zero-order valence-corrected chi connectivity index (χ0v) is 15.0. The molecule has 1 aromatic heterocycles. The first-order valence-corrected chi connectivity index (χ1v) is 8.88. The van der Waals surface area contributed by atoms with Crippen molar-refractivity contribution in [3.63, 3.8) is 0 Å². The van der Waals surface area contributed by atoms with Crippen LogP contribution in [0.1, 0.15) is 12.5 Å². The van der Waals surface area contributed by atoms with Crippen LogP contribution in [-0.2, 0) is 16.2 Å². The number of benzene rings is 1. The van der Waals surface area contributed by atoms with E-state index in [4.69, 9.17) is 4.84 Å². The Morgan fingerprint density at radius 1 is 1.33 bits per heavy atom. The molecule has 0 aliphatic carbocycles. The van der Waals surface area contributed by atoms with Crippen molar-refractivity contribution in [1.29, 1.82) is 0 Å². The number of aromatic nitrogens is 3. The van der Waals surface area contributed by atoms with E-state index in [0.29, 0.717) is 38.4 Å². The first-order chi connectivity index (χ1) is 13.1. The number of hydroxylamine groups is 1. The average molecular weight is 372 g/mol. The Labute approximate surface area is 156 Å². The van der Waals surface area contributed by atoms with Crippen LogP contribution in [0.15, 0.2) is 36.7 Å². The summed E-state index contributed by atoms with van der Waals surface area (Å²) in [6.07, 6.45) is 5.07. The van der Waals surface area contributed by atoms with Crippen LogP contribution in [0.2, 0.25) is 0 Å². The molecule has 1 amide bonds. The molecule has 2 aliphatic rings. The monoisotopic (exact) mass is 372 g/mol. The van der Waals surface area contributed by atoms with Gasteiger partial charge >= 0.3 is 0 Å². The molecule has 1 fully saturated rings. The summed E-state index contributed by atoms with van der Waals surface area (Å²) in [6.45, 7) is 4.56. The Hall–Kier alpha value is -2.94. The molecule has 9 heteroatoms. The van der Waals surface area contributed by atoms with E-state index in [2.05, 4.69) is 15.8 Å². The number of rotatable bonds is 4. The highest BCUT2D eigenvalue weighted by molar-refractivity contribution is 5.73. The molecule has 1 atom stereocenters. The first-order valence-electron chi connectivity index (χ1n) is 8.88. The third kappa shape index (κ3) is 3.77. The lowest BCUT2D eigenvalue weighted by molar-refractivity contribution is -0.129. The summed E-state index contributed by atoms with van der Waals surface area (Å²) in [6, 6.07) is 5.16. The zero-order chi connectivity index (χ0) is 18.8. The summed E-state index contributed by atoms with van der Waals surface area (Å²) in [5.74, 6) is -0.226. The third-order valence-electron chi connectivity index (χ3n) is 4.84. The van der Waals surface area contributed by atoms with E-state index in [1.54, 1.807) is 35.0 Å². The molecule has 27 heavy (non-hydrogen) atoms. The van der Waals surface area contributed by atoms with Gasteiger partial charge in [0, 0.05) is 44.9 Å². The van der Waals surface area contributed by atoms with E-state index in [9.17, 15) is 9.18 Å². The second-order valence-corrected chi connectivity index (χ2v) is 6.62. The summed E-state index contributed by atoms with van der Waals surface area (Å²) in [4.78, 5) is 20.7. The second kappa shape index (κ2) is 7.36. The summed E-state index contributed by atoms with van der Waals surface area (Å²) >= 11 is 0. The van der Waals surface area contributed by atoms with Crippen LogP contribution in [0, 0.1) is 5.82 Å². The SMILES string of the molecule is CC(=O)N1CCN(c2ccc(C3=CC(Cn4ccnn4)ON3)cc2F)CC1. The lowest BCUT2D eigenvalue weighted by Gasteiger charge is -2.35. The molecule has 142 valence electrons. The molecule has 1 N–H and O–H groups in total. The number of hydrogen-bond acceptors (Lipinski definition) is 6. The van der Waals surface area contributed by atoms with Gasteiger partial charge in [-0.2, -0.15) is 0 Å². The maximum absolute atomic E-state index is 14.7. The summed E-state index contributed by atoms with van der Waals surface area (Å²) < 4.78 is 16.4. The zero-order valence-electron chi connectivity index (χ0n) is 15.0. The van der Waals surface area contributed by atoms with Crippen molar-refractivity contribution in [2.45, 2.75) is 19.6 Å². The number of nitrogens with one attached hydrogen (secondary N) is 1. The Morgan fingerprint density at radius 2 is 2.15 bits per heavy atom. The molecule has 2 aliphatic heterocycles. The van der Waals surface area contributed by atoms with Crippen molar-refractivity contribution in [3.05, 3.63) is 48.0 Å². The molecule has 1 aromatic carbocycles. The van der Waals surface area contributed by atoms with Gasteiger partial charge in [-0.25, -0.2) is 9.07 Å². The van der Waals surface area contributed by atoms with Gasteiger partial charge in [-0.3, -0.25) is 15.1 Å². The van der Waals surface area contributed by atoms with Gasteiger partial charge in [0.1, 0.15) is 11.9 Å². The molecule has 2 aromatic rings. The first kappa shape index (κ1) is 17.5. The molecule has 3 heterocycles. The normalized spacial score (nSPS) is 19.8. The molecule has 1 unspecified atom stereocenters. The summed E-state index contributed by atoms with van der Waals surface area (Å²) in [7, 11) is 0. The minimum absolute atomic E-state index is 0.0603. The topological polar surface area (TPSA) is 75.5 Å². The van der Waals surface area contributed by atoms with Crippen LogP contribution in [-0.4, -0.2) is 58.1 Å². The minimum atomic E-state index is -0.286. The smallest absolute Gasteiger partial charge is 0.219 e. The fourth-order valence-corrected chi connectivity index (χ4v) is 3.35. The number of nitrogens with zero attached hydrogens (tertiary/aromatic N) is 5. The second-order valence-electron chi connectivity index (χ2n) is 6.62. The molecule has 0 bridgehead atoms. The Morgan fingerprint density at radius 3 is 2.81 bits per heavy atom. The quantitative estimate of drug-likeness (QED) is 0.864. The van der Waals surface area contributed by atoms with Crippen molar-refractivity contribution >= 4 is 17.3 Å². The number of halogens is 1. The fraction of sp³-hybridized carbons (Fsp3) is 0.389. The number of hydrogen-bond donors (Lipinski definition) is 1. The van der Waals surface area contributed by atoms with E-state index in [0.717, 1.165) is 11.3 Å². The number of anilines is 1. The molecule has 4 rings (SSSR count). The van der Waals surface area contributed by atoms with Crippen LogP contribution in [0.4, 0.5) is 10.1 Å². The van der Waals surface area contributed by atoms with Crippen molar-refractivity contribution in [3.8, 4) is 0 Å². The average Bonchev–Trinajstić information content (AvgIpc) is 3.34. The van der Waals surface area contributed by atoms with Gasteiger partial charge in [-0.1, -0.05) is 11.3 Å². The van der Waals surface area contributed by atoms with Gasteiger partial charge in [-0.05, 0) is 18.2 Å². The number of piperazine rings is 1. The summed E-state index contributed by atoms with van der Waals surface area (Å²) in [5, 5.41) is 7.67. The molecule has 1 saturated heterocycles. The van der Waals surface area contributed by atoms with Crippen LogP contribution < -0.4 is 10.4 Å². The van der Waals surface area contributed by atoms with E-state index in [-0.39, 0.29) is 17.8 Å². The van der Waals surface area contributed by atoms with Gasteiger partial charge in [-0.15, -0.1) is 5.10 Å². The van der Waals surface area contributed by atoms with Crippen molar-refractivity contribution < 1.29 is 14.0 Å². The van der Waals surface area contributed by atoms with Crippen molar-refractivity contribution in [2.75, 3.05) is 31.1 Å². The predicted molar refractivity (Wildman–Crippen MR) is 96.9 cm³/mol. The lowest BCUT2D eigenvalue weighted by atomic mass is 10.1. The van der Waals surface area contributed by atoms with Gasteiger partial charge in [0.25, 0.3) is 0 Å². The molecule has 8 nitrogen and oxygen atoms in total. The lowest BCUT2D eigenvalue weighted by Crippen LogP contribution is -2.48. The predicted octanol–water partition coefficient (Wildman–Crippen LogP) is 1.03. The van der Waals surface area contributed by atoms with E-state index in [1.807, 2.05) is 17.0 Å². The Balaban J connectivity index is 1.44. The van der Waals surface area contributed by atoms with Gasteiger partial charge in [0.2, 0.25) is 5.91 Å². The molecule has 0 saturated carbocycles. The van der Waals surface area contributed by atoms with Crippen LogP contribution in [0.25, 0.3) is 5.70 Å². The van der Waals surface area contributed by atoms with Crippen LogP contribution in [0.3, 0.4) is 0 Å². The van der Waals surface area contributed by atoms with Crippen molar-refractivity contribution in [2.24, 2.45) is 0 Å².